The second kappa shape index (κ2) is 3.23. The van der Waals surface area contributed by atoms with Gasteiger partial charge in [0.15, 0.2) is 0 Å². The first-order valence-electron chi connectivity index (χ1n) is 3.49. The van der Waals surface area contributed by atoms with Gasteiger partial charge in [0.1, 0.15) is 12.4 Å². The third-order valence-corrected chi connectivity index (χ3v) is 1.00. The van der Waals surface area contributed by atoms with Gasteiger partial charge in [0.2, 0.25) is 6.33 Å². The first-order chi connectivity index (χ1) is 6.28. The molecule has 0 atom stereocenters. The van der Waals surface area contributed by atoms with E-state index in [-0.39, 0.29) is 0 Å². The van der Waals surface area contributed by atoms with Gasteiger partial charge in [-0.2, -0.15) is 0 Å². The van der Waals surface area contributed by atoms with Crippen LogP contribution in [-0.2, 0) is 7.05 Å². The average molecular weight is 254 g/mol. The zero-order valence-electron chi connectivity index (χ0n) is 7.63. The Balaban J connectivity index is 0.000000265. The van der Waals surface area contributed by atoms with E-state index in [0.29, 0.717) is 0 Å². The van der Waals surface area contributed by atoms with E-state index in [9.17, 15) is 25.2 Å². The predicted molar refractivity (Wildman–Crippen MR) is 45.6 cm³/mol. The normalized spacial score (nSPS) is 15.7. The molecular weight excluding hydrogens is 245 g/mol. The Labute approximate surface area is 81.7 Å². The van der Waals surface area contributed by atoms with Crippen molar-refractivity contribution in [2.75, 3.05) is 0 Å². The molecule has 0 unspecified atom stereocenters. The van der Waals surface area contributed by atoms with E-state index < -0.39 is 7.81 Å². The Bertz CT molecular complexity index is 338. The molecule has 0 spiro atoms. The Morgan fingerprint density at radius 2 is 1.60 bits per heavy atom. The molecule has 1 rings (SSSR count). The van der Waals surface area contributed by atoms with Gasteiger partial charge in [-0.3, -0.25) is 0 Å². The number of rotatable bonds is 1. The summed E-state index contributed by atoms with van der Waals surface area (Å²) in [6, 6.07) is 0. The van der Waals surface area contributed by atoms with Crippen molar-refractivity contribution < 1.29 is 29.7 Å². The fourth-order valence-corrected chi connectivity index (χ4v) is 0.577. The van der Waals surface area contributed by atoms with E-state index in [4.69, 9.17) is 0 Å². The van der Waals surface area contributed by atoms with Crippen LogP contribution >= 0.6 is 7.81 Å². The summed E-state index contributed by atoms with van der Waals surface area (Å²) in [4.78, 5) is 0. The number of halogens is 6. The molecule has 0 amide bonds. The van der Waals surface area contributed by atoms with Crippen molar-refractivity contribution >= 4 is 14.0 Å². The topological polar surface area (TPSA) is 8.81 Å². The SMILES string of the molecule is C=C[n+]1ccn(C)c1.F[P-](F)(F)(F)(F)F. The average Bonchev–Trinajstić information content (AvgIpc) is 2.28. The van der Waals surface area contributed by atoms with Crippen molar-refractivity contribution in [2.45, 2.75) is 0 Å². The van der Waals surface area contributed by atoms with Crippen LogP contribution in [0.15, 0.2) is 25.3 Å². The maximum atomic E-state index is 9.87. The molecule has 90 valence electrons. The third-order valence-electron chi connectivity index (χ3n) is 1.00. The molecule has 0 fully saturated rings. The molecule has 15 heavy (non-hydrogen) atoms. The number of aryl methyl sites for hydroxylation is 1. The quantitative estimate of drug-likeness (QED) is 0.409. The van der Waals surface area contributed by atoms with Crippen LogP contribution in [-0.4, -0.2) is 4.57 Å². The number of nitrogens with zero attached hydrogens (tertiary/aromatic N) is 2. The molecule has 1 aromatic heterocycles. The molecule has 0 aliphatic rings. The van der Waals surface area contributed by atoms with Crippen molar-refractivity contribution in [3.05, 3.63) is 25.3 Å². The molecule has 9 heteroatoms. The van der Waals surface area contributed by atoms with Gasteiger partial charge in [0.25, 0.3) is 0 Å². The molecule has 0 N–H and O–H groups in total. The fourth-order valence-electron chi connectivity index (χ4n) is 0.577. The maximum absolute atomic E-state index is 10.7. The molecule has 1 aromatic rings. The van der Waals surface area contributed by atoms with E-state index in [0.717, 1.165) is 0 Å². The number of aromatic nitrogens is 2. The van der Waals surface area contributed by atoms with Gasteiger partial charge in [-0.05, 0) is 0 Å². The molecule has 1 heterocycles. The van der Waals surface area contributed by atoms with Gasteiger partial charge in [-0.25, -0.2) is 9.13 Å². The van der Waals surface area contributed by atoms with Crippen molar-refractivity contribution in [3.63, 3.8) is 0 Å². The molecule has 2 nitrogen and oxygen atoms in total. The van der Waals surface area contributed by atoms with E-state index in [1.807, 2.05) is 34.9 Å². The second-order valence-electron chi connectivity index (χ2n) is 2.67. The first-order valence-corrected chi connectivity index (χ1v) is 5.52. The molecular formula is C6H9F6N2P. The fraction of sp³-hybridized carbons (Fsp3) is 0.167. The van der Waals surface area contributed by atoms with Crippen LogP contribution in [0.2, 0.25) is 0 Å². The molecule has 0 aromatic carbocycles. The predicted octanol–water partition coefficient (Wildman–Crippen LogP) is 3.80. The van der Waals surface area contributed by atoms with E-state index in [1.54, 1.807) is 6.20 Å². The minimum absolute atomic E-state index is 1.75. The van der Waals surface area contributed by atoms with Gasteiger partial charge in [0, 0.05) is 0 Å². The van der Waals surface area contributed by atoms with Crippen LogP contribution in [0.1, 0.15) is 0 Å². The zero-order valence-corrected chi connectivity index (χ0v) is 8.52. The minimum atomic E-state index is -10.7. The van der Waals surface area contributed by atoms with Crippen molar-refractivity contribution in [2.24, 2.45) is 7.05 Å². The van der Waals surface area contributed by atoms with Gasteiger partial charge < -0.3 is 0 Å². The number of hydrogen-bond donors (Lipinski definition) is 0. The van der Waals surface area contributed by atoms with Gasteiger partial charge in [0.05, 0.1) is 13.2 Å². The summed E-state index contributed by atoms with van der Waals surface area (Å²) < 4.78 is 63.0. The van der Waals surface area contributed by atoms with Crippen LogP contribution in [0.4, 0.5) is 25.2 Å². The van der Waals surface area contributed by atoms with Crippen molar-refractivity contribution in [1.29, 1.82) is 0 Å². The molecule has 0 radical (unpaired) electrons. The number of imidazole rings is 1. The standard InChI is InChI=1S/C6H9N2.F6P/c1-3-8-5-4-7(2)6-8;1-7(2,3,4,5)6/h3-6H,1H2,2H3;/q+1;-1. The van der Waals surface area contributed by atoms with Crippen LogP contribution in [0.5, 0.6) is 0 Å². The zero-order chi connectivity index (χ0) is 12.4. The molecule has 0 saturated carbocycles. The Hall–Kier alpha value is -1.04. The summed E-state index contributed by atoms with van der Waals surface area (Å²) in [6.45, 7) is 3.59. The van der Waals surface area contributed by atoms with E-state index >= 15 is 0 Å². The summed E-state index contributed by atoms with van der Waals surface area (Å²) in [7, 11) is -8.69. The molecule has 0 aliphatic carbocycles. The van der Waals surface area contributed by atoms with Crippen molar-refractivity contribution in [1.82, 2.24) is 4.57 Å². The Kier molecular flexibility index (Phi) is 3.01. The van der Waals surface area contributed by atoms with E-state index in [1.165, 1.54) is 0 Å². The summed E-state index contributed by atoms with van der Waals surface area (Å²) in [6.07, 6.45) is 7.58. The summed E-state index contributed by atoms with van der Waals surface area (Å²) in [5.74, 6) is 0. The van der Waals surface area contributed by atoms with Gasteiger partial charge in [-0.1, -0.05) is 6.58 Å². The van der Waals surface area contributed by atoms with Crippen molar-refractivity contribution in [3.8, 4) is 0 Å². The monoisotopic (exact) mass is 254 g/mol. The van der Waals surface area contributed by atoms with Crippen LogP contribution in [0.3, 0.4) is 0 Å². The Morgan fingerprint density at radius 1 is 1.20 bits per heavy atom. The van der Waals surface area contributed by atoms with Crippen LogP contribution in [0.25, 0.3) is 6.20 Å². The van der Waals surface area contributed by atoms with Gasteiger partial charge >= 0.3 is 33.0 Å². The first kappa shape index (κ1) is 14.0. The Morgan fingerprint density at radius 3 is 1.73 bits per heavy atom. The summed E-state index contributed by atoms with van der Waals surface area (Å²) >= 11 is 0. The van der Waals surface area contributed by atoms with E-state index in [2.05, 4.69) is 6.58 Å². The van der Waals surface area contributed by atoms with Gasteiger partial charge in [-0.15, -0.1) is 0 Å². The second-order valence-corrected chi connectivity index (χ2v) is 4.58. The molecule has 0 aliphatic heterocycles. The summed E-state index contributed by atoms with van der Waals surface area (Å²) in [5, 5.41) is 0. The third kappa shape index (κ3) is 15.7. The number of hydrogen-bond acceptors (Lipinski definition) is 0. The molecule has 0 bridgehead atoms. The van der Waals surface area contributed by atoms with Crippen LogP contribution in [0, 0.1) is 0 Å². The van der Waals surface area contributed by atoms with Crippen LogP contribution < -0.4 is 4.57 Å². The summed E-state index contributed by atoms with van der Waals surface area (Å²) in [5.41, 5.74) is 0. The molecule has 0 saturated heterocycles.